The lowest BCUT2D eigenvalue weighted by Crippen LogP contribution is -2.06. The van der Waals surface area contributed by atoms with Gasteiger partial charge in [0.15, 0.2) is 0 Å². The zero-order chi connectivity index (χ0) is 14.6. The summed E-state index contributed by atoms with van der Waals surface area (Å²) in [5, 5.41) is 0. The lowest BCUT2D eigenvalue weighted by atomic mass is 10.1. The summed E-state index contributed by atoms with van der Waals surface area (Å²) >= 11 is 0. The van der Waals surface area contributed by atoms with Crippen LogP contribution in [-0.4, -0.2) is 12.6 Å². The van der Waals surface area contributed by atoms with Crippen LogP contribution in [0.4, 0.5) is 0 Å². The van der Waals surface area contributed by atoms with Gasteiger partial charge in [-0.3, -0.25) is 0 Å². The first-order valence-electron chi connectivity index (χ1n) is 7.58. The molecule has 1 rings (SSSR count). The highest BCUT2D eigenvalue weighted by atomic mass is 16.5. The van der Waals surface area contributed by atoms with Gasteiger partial charge in [-0.25, -0.2) is 4.79 Å². The highest BCUT2D eigenvalue weighted by Crippen LogP contribution is 2.09. The fraction of sp³-hybridized carbons (Fsp3) is 0.500. The molecule has 0 aromatic heterocycles. The monoisotopic (exact) mass is 274 g/mol. The molecule has 0 spiro atoms. The molecule has 0 saturated heterocycles. The molecule has 0 radical (unpaired) electrons. The number of allylic oxidation sites excluding steroid dienone is 1. The van der Waals surface area contributed by atoms with Crippen LogP contribution in [-0.2, 0) is 4.74 Å². The summed E-state index contributed by atoms with van der Waals surface area (Å²) in [5.74, 6) is -0.212. The summed E-state index contributed by atoms with van der Waals surface area (Å²) < 4.78 is 5.26. The Morgan fingerprint density at radius 2 is 1.65 bits per heavy atom. The van der Waals surface area contributed by atoms with Crippen LogP contribution in [0.1, 0.15) is 60.9 Å². The van der Waals surface area contributed by atoms with Crippen molar-refractivity contribution < 1.29 is 9.53 Å². The Hall–Kier alpha value is -1.57. The first kappa shape index (κ1) is 16.5. The number of benzene rings is 1. The van der Waals surface area contributed by atoms with Crippen molar-refractivity contribution >= 4 is 5.97 Å². The van der Waals surface area contributed by atoms with Gasteiger partial charge in [0.2, 0.25) is 0 Å². The molecular weight excluding hydrogens is 248 g/mol. The third-order valence-corrected chi connectivity index (χ3v) is 3.32. The number of hydrogen-bond acceptors (Lipinski definition) is 2. The fourth-order valence-corrected chi connectivity index (χ4v) is 2.04. The zero-order valence-electron chi connectivity index (χ0n) is 12.6. The minimum atomic E-state index is -0.212. The first-order valence-corrected chi connectivity index (χ1v) is 7.58. The summed E-state index contributed by atoms with van der Waals surface area (Å²) in [4.78, 5) is 11.7. The van der Waals surface area contributed by atoms with E-state index in [0.717, 1.165) is 24.8 Å². The van der Waals surface area contributed by atoms with Crippen LogP contribution < -0.4 is 0 Å². The molecule has 20 heavy (non-hydrogen) atoms. The summed E-state index contributed by atoms with van der Waals surface area (Å²) in [5.41, 5.74) is 1.79. The van der Waals surface area contributed by atoms with E-state index >= 15 is 0 Å². The van der Waals surface area contributed by atoms with E-state index < -0.39 is 0 Å². The van der Waals surface area contributed by atoms with Crippen LogP contribution in [0.15, 0.2) is 36.9 Å². The third-order valence-electron chi connectivity index (χ3n) is 3.32. The average Bonchev–Trinajstić information content (AvgIpc) is 2.46. The molecule has 0 aliphatic carbocycles. The molecule has 0 unspecified atom stereocenters. The molecule has 0 N–H and O–H groups in total. The first-order chi connectivity index (χ1) is 9.74. The Morgan fingerprint density at radius 3 is 2.30 bits per heavy atom. The maximum absolute atomic E-state index is 11.7. The van der Waals surface area contributed by atoms with Crippen molar-refractivity contribution in [3.8, 4) is 0 Å². The topological polar surface area (TPSA) is 26.3 Å². The van der Waals surface area contributed by atoms with E-state index in [1.165, 1.54) is 25.7 Å². The van der Waals surface area contributed by atoms with Gasteiger partial charge >= 0.3 is 5.97 Å². The Balaban J connectivity index is 2.02. The zero-order valence-corrected chi connectivity index (χ0v) is 12.6. The highest BCUT2D eigenvalue weighted by Gasteiger charge is 2.05. The van der Waals surface area contributed by atoms with Crippen molar-refractivity contribution in [3.63, 3.8) is 0 Å². The Bertz CT molecular complexity index is 392. The number of unbranched alkanes of at least 4 members (excludes halogenated alkanes) is 6. The van der Waals surface area contributed by atoms with Crippen molar-refractivity contribution in [2.75, 3.05) is 6.61 Å². The van der Waals surface area contributed by atoms with Gasteiger partial charge in [0.1, 0.15) is 0 Å². The molecule has 0 bridgehead atoms. The fourth-order valence-electron chi connectivity index (χ4n) is 2.04. The molecule has 110 valence electrons. The lowest BCUT2D eigenvalue weighted by molar-refractivity contribution is 0.0497. The SMILES string of the molecule is C=CCCCCCCCCOC(=O)c1ccc(C)cc1. The van der Waals surface area contributed by atoms with Crippen molar-refractivity contribution in [2.45, 2.75) is 51.9 Å². The molecule has 1 aromatic rings. The standard InChI is InChI=1S/C18H26O2/c1-3-4-5-6-7-8-9-10-15-20-18(19)17-13-11-16(2)12-14-17/h3,11-14H,1,4-10,15H2,2H3. The molecule has 0 saturated carbocycles. The normalized spacial score (nSPS) is 10.2. The van der Waals surface area contributed by atoms with Gasteiger partial charge in [-0.1, -0.05) is 49.5 Å². The summed E-state index contributed by atoms with van der Waals surface area (Å²) in [6.07, 6.45) is 10.2. The number of ether oxygens (including phenoxy) is 1. The molecule has 0 aliphatic heterocycles. The highest BCUT2D eigenvalue weighted by molar-refractivity contribution is 5.89. The van der Waals surface area contributed by atoms with Crippen LogP contribution in [0.3, 0.4) is 0 Å². The van der Waals surface area contributed by atoms with Crippen molar-refractivity contribution in [3.05, 3.63) is 48.0 Å². The van der Waals surface area contributed by atoms with Gasteiger partial charge in [0.05, 0.1) is 12.2 Å². The molecule has 0 atom stereocenters. The maximum Gasteiger partial charge on any atom is 0.338 e. The molecule has 2 heteroatoms. The van der Waals surface area contributed by atoms with Gasteiger partial charge in [0.25, 0.3) is 0 Å². The third kappa shape index (κ3) is 7.13. The van der Waals surface area contributed by atoms with Crippen LogP contribution >= 0.6 is 0 Å². The van der Waals surface area contributed by atoms with E-state index in [1.807, 2.05) is 37.3 Å². The van der Waals surface area contributed by atoms with Crippen molar-refractivity contribution in [1.29, 1.82) is 0 Å². The minimum absolute atomic E-state index is 0.212. The number of esters is 1. The van der Waals surface area contributed by atoms with E-state index in [9.17, 15) is 4.79 Å². The minimum Gasteiger partial charge on any atom is -0.462 e. The predicted octanol–water partition coefficient (Wildman–Crippen LogP) is 5.07. The quantitative estimate of drug-likeness (QED) is 0.338. The second kappa shape index (κ2) is 10.2. The second-order valence-corrected chi connectivity index (χ2v) is 5.20. The van der Waals surface area contributed by atoms with E-state index in [2.05, 4.69) is 6.58 Å². The molecular formula is C18H26O2. The summed E-state index contributed by atoms with van der Waals surface area (Å²) in [6.45, 7) is 6.25. The van der Waals surface area contributed by atoms with Gasteiger partial charge < -0.3 is 4.74 Å². The molecule has 0 amide bonds. The Kier molecular flexibility index (Phi) is 8.44. The predicted molar refractivity (Wildman–Crippen MR) is 84.0 cm³/mol. The molecule has 0 heterocycles. The molecule has 0 fully saturated rings. The maximum atomic E-state index is 11.7. The van der Waals surface area contributed by atoms with Crippen LogP contribution in [0.5, 0.6) is 0 Å². The van der Waals surface area contributed by atoms with Gasteiger partial charge in [0, 0.05) is 0 Å². The number of carbonyl (C=O) groups is 1. The van der Waals surface area contributed by atoms with E-state index in [4.69, 9.17) is 4.74 Å². The Labute approximate surface area is 122 Å². The van der Waals surface area contributed by atoms with Crippen LogP contribution in [0.25, 0.3) is 0 Å². The van der Waals surface area contributed by atoms with E-state index in [0.29, 0.717) is 12.2 Å². The molecule has 0 aliphatic rings. The Morgan fingerprint density at radius 1 is 1.05 bits per heavy atom. The number of carbonyl (C=O) groups excluding carboxylic acids is 1. The van der Waals surface area contributed by atoms with E-state index in [1.54, 1.807) is 0 Å². The van der Waals surface area contributed by atoms with Gasteiger partial charge in [-0.15, -0.1) is 6.58 Å². The van der Waals surface area contributed by atoms with Crippen molar-refractivity contribution in [2.24, 2.45) is 0 Å². The molecule has 2 nitrogen and oxygen atoms in total. The lowest BCUT2D eigenvalue weighted by Gasteiger charge is -2.05. The number of rotatable bonds is 10. The second-order valence-electron chi connectivity index (χ2n) is 5.20. The van der Waals surface area contributed by atoms with Gasteiger partial charge in [-0.2, -0.15) is 0 Å². The largest absolute Gasteiger partial charge is 0.462 e. The van der Waals surface area contributed by atoms with Crippen LogP contribution in [0, 0.1) is 6.92 Å². The molecule has 1 aromatic carbocycles. The van der Waals surface area contributed by atoms with E-state index in [-0.39, 0.29) is 5.97 Å². The summed E-state index contributed by atoms with van der Waals surface area (Å²) in [6, 6.07) is 7.49. The summed E-state index contributed by atoms with van der Waals surface area (Å²) in [7, 11) is 0. The smallest absolute Gasteiger partial charge is 0.338 e. The number of aryl methyl sites for hydroxylation is 1. The van der Waals surface area contributed by atoms with Crippen molar-refractivity contribution in [1.82, 2.24) is 0 Å². The van der Waals surface area contributed by atoms with Gasteiger partial charge in [-0.05, 0) is 38.3 Å². The average molecular weight is 274 g/mol. The number of hydrogen-bond donors (Lipinski definition) is 0. The van der Waals surface area contributed by atoms with Crippen LogP contribution in [0.2, 0.25) is 0 Å².